The molecular weight excluding hydrogens is 425 g/mol. The average Bonchev–Trinajstić information content (AvgIpc) is 2.80. The predicted molar refractivity (Wildman–Crippen MR) is 110 cm³/mol. The number of hydrogen-bond donors (Lipinski definition) is 1. The summed E-state index contributed by atoms with van der Waals surface area (Å²) in [7, 11) is 1.45. The third kappa shape index (κ3) is 4.82. The topological polar surface area (TPSA) is 94.9 Å². The highest BCUT2D eigenvalue weighted by molar-refractivity contribution is 5.81. The Hall–Kier alpha value is -4.02. The molecule has 0 radical (unpaired) electrons. The average molecular weight is 442 g/mol. The summed E-state index contributed by atoms with van der Waals surface area (Å²) in [4.78, 5) is 20.5. The number of aromatic nitrogens is 5. The molecule has 4 aromatic rings. The van der Waals surface area contributed by atoms with E-state index in [0.717, 1.165) is 23.9 Å². The van der Waals surface area contributed by atoms with Crippen molar-refractivity contribution in [3.05, 3.63) is 66.4 Å². The molecular formula is C21H17F3N6O2. The fourth-order valence-corrected chi connectivity index (χ4v) is 2.96. The molecule has 0 fully saturated rings. The van der Waals surface area contributed by atoms with Gasteiger partial charge in [0.15, 0.2) is 23.0 Å². The van der Waals surface area contributed by atoms with Crippen LogP contribution in [0.25, 0.3) is 11.2 Å². The van der Waals surface area contributed by atoms with Gasteiger partial charge in [0, 0.05) is 31.2 Å². The van der Waals surface area contributed by atoms with E-state index in [1.54, 1.807) is 30.6 Å². The van der Waals surface area contributed by atoms with Crippen molar-refractivity contribution in [3.8, 4) is 17.4 Å². The number of anilines is 1. The van der Waals surface area contributed by atoms with Crippen LogP contribution in [0.1, 0.15) is 11.1 Å². The number of nitrogens with zero attached hydrogens (tertiary/aromatic N) is 5. The lowest BCUT2D eigenvalue weighted by molar-refractivity contribution is -0.137. The zero-order valence-corrected chi connectivity index (χ0v) is 16.8. The smallest absolute Gasteiger partial charge is 0.416 e. The van der Waals surface area contributed by atoms with E-state index in [0.29, 0.717) is 35.7 Å². The number of hydrogen-bond acceptors (Lipinski definition) is 8. The second-order valence-electron chi connectivity index (χ2n) is 6.60. The van der Waals surface area contributed by atoms with Gasteiger partial charge in [-0.1, -0.05) is 6.07 Å². The molecule has 1 aromatic carbocycles. The van der Waals surface area contributed by atoms with Crippen LogP contribution in [0.15, 0.2) is 55.2 Å². The predicted octanol–water partition coefficient (Wildman–Crippen LogP) is 4.29. The number of methoxy groups -OCH3 is 1. The molecule has 0 atom stereocenters. The van der Waals surface area contributed by atoms with Gasteiger partial charge >= 0.3 is 6.18 Å². The number of alkyl halides is 3. The van der Waals surface area contributed by atoms with E-state index in [4.69, 9.17) is 9.47 Å². The monoisotopic (exact) mass is 442 g/mol. The normalized spacial score (nSPS) is 11.4. The number of benzene rings is 1. The van der Waals surface area contributed by atoms with Gasteiger partial charge in [-0.25, -0.2) is 24.9 Å². The molecule has 0 amide bonds. The molecule has 0 aliphatic rings. The van der Waals surface area contributed by atoms with Crippen LogP contribution in [0.2, 0.25) is 0 Å². The lowest BCUT2D eigenvalue weighted by Gasteiger charge is -2.13. The molecule has 1 N–H and O–H groups in total. The minimum Gasteiger partial charge on any atom is -0.493 e. The van der Waals surface area contributed by atoms with E-state index in [9.17, 15) is 13.2 Å². The maximum absolute atomic E-state index is 12.9. The Balaban J connectivity index is 1.44. The standard InChI is InChI=1S/C21H17F3N6O2/c1-31-16-10-13(4-6-27-19-18-20(30-12-29-19)28-9-8-26-18)2-3-15(16)32-17-11-14(5-7-25-17)21(22,23)24/h2-3,5,7-12H,4,6H2,1H3,(H,27,28,29,30). The van der Waals surface area contributed by atoms with Crippen molar-refractivity contribution in [2.75, 3.05) is 19.0 Å². The summed E-state index contributed by atoms with van der Waals surface area (Å²) in [5.41, 5.74) is 1.15. The van der Waals surface area contributed by atoms with Crippen LogP contribution in [-0.4, -0.2) is 38.6 Å². The number of fused-ring (bicyclic) bond motifs is 1. The summed E-state index contributed by atoms with van der Waals surface area (Å²) < 4.78 is 49.6. The molecule has 164 valence electrons. The Labute approximate surface area is 180 Å². The molecule has 0 saturated heterocycles. The fourth-order valence-electron chi connectivity index (χ4n) is 2.96. The van der Waals surface area contributed by atoms with Crippen LogP contribution in [0, 0.1) is 0 Å². The van der Waals surface area contributed by atoms with Crippen LogP contribution < -0.4 is 14.8 Å². The third-order valence-corrected chi connectivity index (χ3v) is 4.48. The number of nitrogens with one attached hydrogen (secondary N) is 1. The van der Waals surface area contributed by atoms with E-state index in [1.165, 1.54) is 13.4 Å². The largest absolute Gasteiger partial charge is 0.493 e. The van der Waals surface area contributed by atoms with Crippen molar-refractivity contribution >= 4 is 17.0 Å². The summed E-state index contributed by atoms with van der Waals surface area (Å²) in [5.74, 6) is 1.03. The first-order valence-corrected chi connectivity index (χ1v) is 9.47. The summed E-state index contributed by atoms with van der Waals surface area (Å²) in [5, 5.41) is 3.21. The zero-order valence-electron chi connectivity index (χ0n) is 16.8. The summed E-state index contributed by atoms with van der Waals surface area (Å²) in [6, 6.07) is 6.90. The van der Waals surface area contributed by atoms with Crippen molar-refractivity contribution in [2.45, 2.75) is 12.6 Å². The molecule has 32 heavy (non-hydrogen) atoms. The minimum absolute atomic E-state index is 0.177. The van der Waals surface area contributed by atoms with E-state index in [2.05, 4.69) is 30.2 Å². The second-order valence-corrected chi connectivity index (χ2v) is 6.60. The highest BCUT2D eigenvalue weighted by atomic mass is 19.4. The van der Waals surface area contributed by atoms with E-state index in [1.807, 2.05) is 0 Å². The molecule has 0 aliphatic heterocycles. The van der Waals surface area contributed by atoms with Crippen LogP contribution >= 0.6 is 0 Å². The van der Waals surface area contributed by atoms with E-state index in [-0.39, 0.29) is 11.6 Å². The number of halogens is 3. The minimum atomic E-state index is -4.48. The van der Waals surface area contributed by atoms with Crippen molar-refractivity contribution in [3.63, 3.8) is 0 Å². The van der Waals surface area contributed by atoms with Gasteiger partial charge in [-0.05, 0) is 30.2 Å². The first kappa shape index (κ1) is 21.2. The Morgan fingerprint density at radius 3 is 2.56 bits per heavy atom. The van der Waals surface area contributed by atoms with Gasteiger partial charge in [-0.2, -0.15) is 13.2 Å². The van der Waals surface area contributed by atoms with Gasteiger partial charge in [0.05, 0.1) is 12.7 Å². The highest BCUT2D eigenvalue weighted by Crippen LogP contribution is 2.35. The first-order valence-electron chi connectivity index (χ1n) is 9.47. The van der Waals surface area contributed by atoms with Gasteiger partial charge in [0.2, 0.25) is 5.88 Å². The summed E-state index contributed by atoms with van der Waals surface area (Å²) >= 11 is 0. The molecule has 0 unspecified atom stereocenters. The Kier molecular flexibility index (Phi) is 5.97. The van der Waals surface area contributed by atoms with Crippen LogP contribution in [-0.2, 0) is 12.6 Å². The van der Waals surface area contributed by atoms with Crippen LogP contribution in [0.3, 0.4) is 0 Å². The van der Waals surface area contributed by atoms with Crippen LogP contribution in [0.4, 0.5) is 19.0 Å². The van der Waals surface area contributed by atoms with Gasteiger partial charge in [-0.3, -0.25) is 0 Å². The van der Waals surface area contributed by atoms with Gasteiger partial charge in [-0.15, -0.1) is 0 Å². The SMILES string of the molecule is COc1cc(CCNc2ncnc3nccnc23)ccc1Oc1cc(C(F)(F)F)ccn1. The summed E-state index contributed by atoms with van der Waals surface area (Å²) in [6.45, 7) is 0.543. The molecule has 8 nitrogen and oxygen atoms in total. The highest BCUT2D eigenvalue weighted by Gasteiger charge is 2.31. The van der Waals surface area contributed by atoms with Crippen molar-refractivity contribution in [1.29, 1.82) is 0 Å². The Morgan fingerprint density at radius 1 is 0.906 bits per heavy atom. The lowest BCUT2D eigenvalue weighted by Crippen LogP contribution is -2.08. The first-order chi connectivity index (χ1) is 15.4. The molecule has 0 aliphatic carbocycles. The molecule has 11 heteroatoms. The van der Waals surface area contributed by atoms with Gasteiger partial charge in [0.1, 0.15) is 11.8 Å². The Bertz CT molecular complexity index is 1230. The quantitative estimate of drug-likeness (QED) is 0.453. The lowest BCUT2D eigenvalue weighted by atomic mass is 10.1. The molecule has 3 aromatic heterocycles. The maximum Gasteiger partial charge on any atom is 0.416 e. The molecule has 0 saturated carbocycles. The molecule has 0 bridgehead atoms. The van der Waals surface area contributed by atoms with Crippen LogP contribution in [0.5, 0.6) is 17.4 Å². The Morgan fingerprint density at radius 2 is 1.75 bits per heavy atom. The van der Waals surface area contributed by atoms with Crippen molar-refractivity contribution < 1.29 is 22.6 Å². The number of rotatable bonds is 7. The van der Waals surface area contributed by atoms with Gasteiger partial charge < -0.3 is 14.8 Å². The van der Waals surface area contributed by atoms with E-state index >= 15 is 0 Å². The van der Waals surface area contributed by atoms with Crippen molar-refractivity contribution in [1.82, 2.24) is 24.9 Å². The van der Waals surface area contributed by atoms with E-state index < -0.39 is 11.7 Å². The molecule has 4 rings (SSSR count). The van der Waals surface area contributed by atoms with Gasteiger partial charge in [0.25, 0.3) is 0 Å². The third-order valence-electron chi connectivity index (χ3n) is 4.48. The second kappa shape index (κ2) is 9.00. The number of ether oxygens (including phenoxy) is 2. The molecule has 0 spiro atoms. The number of pyridine rings is 1. The molecule has 3 heterocycles. The zero-order chi connectivity index (χ0) is 22.6. The van der Waals surface area contributed by atoms with Crippen molar-refractivity contribution in [2.24, 2.45) is 0 Å². The summed E-state index contributed by atoms with van der Waals surface area (Å²) in [6.07, 6.45) is 1.72. The maximum atomic E-state index is 12.9. The fraction of sp³-hybridized carbons (Fsp3) is 0.190.